The molecule has 17 heavy (non-hydrogen) atoms. The minimum absolute atomic E-state index is 0.181. The highest BCUT2D eigenvalue weighted by molar-refractivity contribution is 7.09. The van der Waals surface area contributed by atoms with E-state index < -0.39 is 6.04 Å². The predicted molar refractivity (Wildman–Crippen MR) is 67.6 cm³/mol. The summed E-state index contributed by atoms with van der Waals surface area (Å²) in [5, 5.41) is 23.6. The van der Waals surface area contributed by atoms with Crippen molar-refractivity contribution in [3.63, 3.8) is 0 Å². The van der Waals surface area contributed by atoms with Gasteiger partial charge in [0, 0.05) is 11.4 Å². The van der Waals surface area contributed by atoms with Gasteiger partial charge in [0.05, 0.1) is 6.07 Å². The van der Waals surface area contributed by atoms with E-state index >= 15 is 0 Å². The van der Waals surface area contributed by atoms with Crippen LogP contribution < -0.4 is 5.32 Å². The molecule has 1 atom stereocenters. The second-order valence-electron chi connectivity index (χ2n) is 3.62. The molecule has 1 aromatic heterocycles. The van der Waals surface area contributed by atoms with Crippen LogP contribution in [0, 0.1) is 11.3 Å². The first-order valence-corrected chi connectivity index (χ1v) is 6.12. The largest absolute Gasteiger partial charge is 0.508 e. The van der Waals surface area contributed by atoms with Gasteiger partial charge >= 0.3 is 0 Å². The molecule has 2 aromatic rings. The Kier molecular flexibility index (Phi) is 3.76. The van der Waals surface area contributed by atoms with E-state index in [0.29, 0.717) is 6.54 Å². The topological polar surface area (TPSA) is 56.0 Å². The molecule has 2 rings (SSSR count). The number of phenols is 1. The standard InChI is InChI=1S/C13H12N2OS/c14-8-13(10-3-1-4-11(16)7-10)15-9-12-5-2-6-17-12/h1-7,13,15-16H,9H2. The van der Waals surface area contributed by atoms with E-state index in [4.69, 9.17) is 5.26 Å². The number of nitrogens with zero attached hydrogens (tertiary/aromatic N) is 1. The zero-order valence-corrected chi connectivity index (χ0v) is 9.95. The van der Waals surface area contributed by atoms with Crippen molar-refractivity contribution in [1.29, 1.82) is 5.26 Å². The molecule has 0 aliphatic rings. The number of aromatic hydroxyl groups is 1. The smallest absolute Gasteiger partial charge is 0.121 e. The van der Waals surface area contributed by atoms with Crippen LogP contribution in [0.1, 0.15) is 16.5 Å². The molecule has 1 unspecified atom stereocenters. The Bertz CT molecular complexity index is 516. The van der Waals surface area contributed by atoms with Gasteiger partial charge in [-0.1, -0.05) is 18.2 Å². The van der Waals surface area contributed by atoms with Crippen LogP contribution >= 0.6 is 11.3 Å². The van der Waals surface area contributed by atoms with Gasteiger partial charge in [-0.15, -0.1) is 11.3 Å². The van der Waals surface area contributed by atoms with Gasteiger partial charge < -0.3 is 5.11 Å². The maximum absolute atomic E-state index is 9.37. The first-order chi connectivity index (χ1) is 8.29. The highest BCUT2D eigenvalue weighted by Gasteiger charge is 2.10. The molecule has 0 aliphatic carbocycles. The summed E-state index contributed by atoms with van der Waals surface area (Å²) in [4.78, 5) is 1.19. The third kappa shape index (κ3) is 3.06. The molecule has 0 aliphatic heterocycles. The Morgan fingerprint density at radius 1 is 1.35 bits per heavy atom. The molecule has 0 amide bonds. The van der Waals surface area contributed by atoms with E-state index in [2.05, 4.69) is 11.4 Å². The molecular formula is C13H12N2OS. The fraction of sp³-hybridized carbons (Fsp3) is 0.154. The summed E-state index contributed by atoms with van der Waals surface area (Å²) in [5.74, 6) is 0.181. The monoisotopic (exact) mass is 244 g/mol. The Labute approximate surface area is 104 Å². The van der Waals surface area contributed by atoms with Gasteiger partial charge in [0.25, 0.3) is 0 Å². The van der Waals surface area contributed by atoms with Crippen molar-refractivity contribution in [2.24, 2.45) is 0 Å². The lowest BCUT2D eigenvalue weighted by molar-refractivity contribution is 0.473. The van der Waals surface area contributed by atoms with Crippen LogP contribution in [0.2, 0.25) is 0 Å². The minimum Gasteiger partial charge on any atom is -0.508 e. The number of thiophene rings is 1. The van der Waals surface area contributed by atoms with Crippen LogP contribution in [0.25, 0.3) is 0 Å². The van der Waals surface area contributed by atoms with Gasteiger partial charge in [-0.05, 0) is 29.1 Å². The summed E-state index contributed by atoms with van der Waals surface area (Å²) in [6.07, 6.45) is 0. The van der Waals surface area contributed by atoms with Crippen LogP contribution in [-0.4, -0.2) is 5.11 Å². The number of nitrogens with one attached hydrogen (secondary N) is 1. The minimum atomic E-state index is -0.399. The second kappa shape index (κ2) is 5.48. The van der Waals surface area contributed by atoms with Crippen molar-refractivity contribution >= 4 is 11.3 Å². The first-order valence-electron chi connectivity index (χ1n) is 5.24. The number of hydrogen-bond donors (Lipinski definition) is 2. The highest BCUT2D eigenvalue weighted by atomic mass is 32.1. The van der Waals surface area contributed by atoms with Crippen LogP contribution in [0.3, 0.4) is 0 Å². The quantitative estimate of drug-likeness (QED) is 0.869. The number of nitriles is 1. The summed E-state index contributed by atoms with van der Waals surface area (Å²) in [5.41, 5.74) is 0.782. The molecule has 3 nitrogen and oxygen atoms in total. The van der Waals surface area contributed by atoms with Crippen LogP contribution in [0.4, 0.5) is 0 Å². The van der Waals surface area contributed by atoms with Gasteiger partial charge in [0.15, 0.2) is 0 Å². The van der Waals surface area contributed by atoms with E-state index in [0.717, 1.165) is 5.56 Å². The normalized spacial score (nSPS) is 11.9. The molecule has 86 valence electrons. The van der Waals surface area contributed by atoms with Crippen molar-refractivity contribution in [3.05, 3.63) is 52.2 Å². The molecule has 0 saturated heterocycles. The maximum Gasteiger partial charge on any atom is 0.121 e. The molecule has 4 heteroatoms. The van der Waals surface area contributed by atoms with E-state index in [1.165, 1.54) is 4.88 Å². The number of hydrogen-bond acceptors (Lipinski definition) is 4. The Morgan fingerprint density at radius 2 is 2.24 bits per heavy atom. The van der Waals surface area contributed by atoms with Crippen molar-refractivity contribution in [1.82, 2.24) is 5.32 Å². The van der Waals surface area contributed by atoms with Gasteiger partial charge in [-0.25, -0.2) is 0 Å². The van der Waals surface area contributed by atoms with Gasteiger partial charge in [0.2, 0.25) is 0 Å². The fourth-order valence-electron chi connectivity index (χ4n) is 1.56. The van der Waals surface area contributed by atoms with Crippen molar-refractivity contribution in [2.45, 2.75) is 12.6 Å². The lowest BCUT2D eigenvalue weighted by Crippen LogP contribution is -2.18. The van der Waals surface area contributed by atoms with Crippen LogP contribution in [0.15, 0.2) is 41.8 Å². The number of rotatable bonds is 4. The van der Waals surface area contributed by atoms with E-state index in [-0.39, 0.29) is 5.75 Å². The molecule has 2 N–H and O–H groups in total. The predicted octanol–water partition coefficient (Wildman–Crippen LogP) is 2.81. The zero-order valence-electron chi connectivity index (χ0n) is 9.13. The average molecular weight is 244 g/mol. The van der Waals surface area contributed by atoms with Gasteiger partial charge in [-0.3, -0.25) is 5.32 Å². The molecule has 1 heterocycles. The Hall–Kier alpha value is -1.83. The third-order valence-electron chi connectivity index (χ3n) is 2.39. The van der Waals surface area contributed by atoms with E-state index in [9.17, 15) is 5.11 Å². The number of benzene rings is 1. The highest BCUT2D eigenvalue weighted by Crippen LogP contribution is 2.18. The lowest BCUT2D eigenvalue weighted by atomic mass is 10.1. The lowest BCUT2D eigenvalue weighted by Gasteiger charge is -2.11. The van der Waals surface area contributed by atoms with Crippen LogP contribution in [-0.2, 0) is 6.54 Å². The molecule has 0 fully saturated rings. The summed E-state index contributed by atoms with van der Waals surface area (Å²) in [6, 6.07) is 12.6. The fourth-order valence-corrected chi connectivity index (χ4v) is 2.21. The average Bonchev–Trinajstić information content (AvgIpc) is 2.83. The molecule has 0 saturated carbocycles. The summed E-state index contributed by atoms with van der Waals surface area (Å²) in [6.45, 7) is 0.658. The SMILES string of the molecule is N#CC(NCc1cccs1)c1cccc(O)c1. The summed E-state index contributed by atoms with van der Waals surface area (Å²) in [7, 11) is 0. The summed E-state index contributed by atoms with van der Waals surface area (Å²) >= 11 is 1.65. The molecular weight excluding hydrogens is 232 g/mol. The van der Waals surface area contributed by atoms with Crippen LogP contribution in [0.5, 0.6) is 5.75 Å². The Balaban J connectivity index is 2.05. The number of phenolic OH excluding ortho intramolecular Hbond substituents is 1. The molecule has 0 bridgehead atoms. The summed E-state index contributed by atoms with van der Waals surface area (Å²) < 4.78 is 0. The third-order valence-corrected chi connectivity index (χ3v) is 3.27. The Morgan fingerprint density at radius 3 is 2.88 bits per heavy atom. The maximum atomic E-state index is 9.37. The van der Waals surface area contributed by atoms with Crippen molar-refractivity contribution in [3.8, 4) is 11.8 Å². The van der Waals surface area contributed by atoms with Gasteiger partial charge in [-0.2, -0.15) is 5.26 Å². The van der Waals surface area contributed by atoms with Crippen molar-refractivity contribution < 1.29 is 5.11 Å². The van der Waals surface area contributed by atoms with E-state index in [1.807, 2.05) is 23.6 Å². The van der Waals surface area contributed by atoms with E-state index in [1.54, 1.807) is 29.5 Å². The second-order valence-corrected chi connectivity index (χ2v) is 4.65. The molecule has 0 spiro atoms. The molecule has 0 radical (unpaired) electrons. The zero-order chi connectivity index (χ0) is 12.1. The molecule has 1 aromatic carbocycles. The van der Waals surface area contributed by atoms with Gasteiger partial charge in [0.1, 0.15) is 11.8 Å². The van der Waals surface area contributed by atoms with Crippen molar-refractivity contribution in [2.75, 3.05) is 0 Å². The first kappa shape index (κ1) is 11.6.